The van der Waals surface area contributed by atoms with Crippen LogP contribution < -0.4 is 5.73 Å². The molecule has 2 N–H and O–H groups in total. The summed E-state index contributed by atoms with van der Waals surface area (Å²) in [6.07, 6.45) is 6.63. The van der Waals surface area contributed by atoms with Crippen LogP contribution in [0.15, 0.2) is 0 Å². The zero-order valence-electron chi connectivity index (χ0n) is 11.2. The molecule has 0 aromatic heterocycles. The molecule has 1 aliphatic carbocycles. The van der Waals surface area contributed by atoms with Crippen LogP contribution in [-0.4, -0.2) is 29.6 Å². The van der Waals surface area contributed by atoms with Gasteiger partial charge in [-0.2, -0.15) is 0 Å². The van der Waals surface area contributed by atoms with Crippen molar-refractivity contribution in [3.8, 4) is 0 Å². The Morgan fingerprint density at radius 3 is 2.19 bits per heavy atom. The van der Waals surface area contributed by atoms with E-state index in [0.29, 0.717) is 0 Å². The van der Waals surface area contributed by atoms with Crippen molar-refractivity contribution in [2.45, 2.75) is 64.5 Å². The summed E-state index contributed by atoms with van der Waals surface area (Å²) in [5, 5.41) is 0. The lowest BCUT2D eigenvalue weighted by molar-refractivity contribution is -0.00637. The SMILES string of the molecule is CCCC1(N)CN(C2CC(C)CC(C)C2)C1. The Morgan fingerprint density at radius 1 is 1.12 bits per heavy atom. The van der Waals surface area contributed by atoms with E-state index in [1.165, 1.54) is 32.1 Å². The smallest absolute Gasteiger partial charge is 0.0412 e. The van der Waals surface area contributed by atoms with Gasteiger partial charge < -0.3 is 5.73 Å². The molecule has 1 saturated carbocycles. The standard InChI is InChI=1S/C14H28N2/c1-4-5-14(15)9-16(10-14)13-7-11(2)6-12(3)8-13/h11-13H,4-10,15H2,1-3H3. The van der Waals surface area contributed by atoms with E-state index in [-0.39, 0.29) is 5.54 Å². The molecule has 94 valence electrons. The average molecular weight is 224 g/mol. The van der Waals surface area contributed by atoms with Crippen molar-refractivity contribution in [2.75, 3.05) is 13.1 Å². The lowest BCUT2D eigenvalue weighted by Crippen LogP contribution is -2.69. The van der Waals surface area contributed by atoms with E-state index in [0.717, 1.165) is 31.0 Å². The van der Waals surface area contributed by atoms with Crippen molar-refractivity contribution in [2.24, 2.45) is 17.6 Å². The molecule has 2 atom stereocenters. The highest BCUT2D eigenvalue weighted by Gasteiger charge is 2.43. The molecule has 1 saturated heterocycles. The second-order valence-corrected chi connectivity index (χ2v) is 6.59. The monoisotopic (exact) mass is 224 g/mol. The molecule has 0 radical (unpaired) electrons. The summed E-state index contributed by atoms with van der Waals surface area (Å²) in [6.45, 7) is 9.34. The first kappa shape index (κ1) is 12.4. The van der Waals surface area contributed by atoms with Crippen molar-refractivity contribution in [3.63, 3.8) is 0 Å². The Bertz CT molecular complexity index is 223. The topological polar surface area (TPSA) is 29.3 Å². The Labute approximate surface area is 101 Å². The minimum Gasteiger partial charge on any atom is -0.323 e. The number of nitrogens with two attached hydrogens (primary N) is 1. The van der Waals surface area contributed by atoms with Crippen LogP contribution in [0.3, 0.4) is 0 Å². The van der Waals surface area contributed by atoms with E-state index in [1.54, 1.807) is 0 Å². The molecule has 1 heterocycles. The van der Waals surface area contributed by atoms with Gasteiger partial charge in [-0.15, -0.1) is 0 Å². The van der Waals surface area contributed by atoms with Gasteiger partial charge in [0.2, 0.25) is 0 Å². The van der Waals surface area contributed by atoms with E-state index in [9.17, 15) is 0 Å². The Hall–Kier alpha value is -0.0800. The van der Waals surface area contributed by atoms with Gasteiger partial charge in [0.05, 0.1) is 0 Å². The molecular formula is C14H28N2. The predicted molar refractivity (Wildman–Crippen MR) is 69.4 cm³/mol. The summed E-state index contributed by atoms with van der Waals surface area (Å²) in [6, 6.07) is 0.826. The maximum absolute atomic E-state index is 6.34. The van der Waals surface area contributed by atoms with Gasteiger partial charge in [-0.05, 0) is 37.5 Å². The summed E-state index contributed by atoms with van der Waals surface area (Å²) in [4.78, 5) is 2.64. The summed E-state index contributed by atoms with van der Waals surface area (Å²) in [5.41, 5.74) is 6.49. The van der Waals surface area contributed by atoms with Crippen LogP contribution in [-0.2, 0) is 0 Å². The van der Waals surface area contributed by atoms with E-state index >= 15 is 0 Å². The van der Waals surface area contributed by atoms with Gasteiger partial charge in [-0.25, -0.2) is 0 Å². The summed E-state index contributed by atoms with van der Waals surface area (Å²) in [5.74, 6) is 1.82. The van der Waals surface area contributed by atoms with Crippen molar-refractivity contribution in [3.05, 3.63) is 0 Å². The number of nitrogens with zero attached hydrogens (tertiary/aromatic N) is 1. The highest BCUT2D eigenvalue weighted by Crippen LogP contribution is 2.36. The Kier molecular flexibility index (Phi) is 3.60. The maximum Gasteiger partial charge on any atom is 0.0412 e. The second kappa shape index (κ2) is 4.66. The van der Waals surface area contributed by atoms with Crippen LogP contribution in [0.4, 0.5) is 0 Å². The van der Waals surface area contributed by atoms with Gasteiger partial charge in [0.1, 0.15) is 0 Å². The molecule has 0 aromatic rings. The Balaban J connectivity index is 1.82. The lowest BCUT2D eigenvalue weighted by atomic mass is 9.76. The largest absolute Gasteiger partial charge is 0.323 e. The lowest BCUT2D eigenvalue weighted by Gasteiger charge is -2.53. The van der Waals surface area contributed by atoms with Crippen LogP contribution in [0.5, 0.6) is 0 Å². The number of hydrogen-bond donors (Lipinski definition) is 1. The van der Waals surface area contributed by atoms with Crippen molar-refractivity contribution < 1.29 is 0 Å². The first-order valence-corrected chi connectivity index (χ1v) is 7.05. The van der Waals surface area contributed by atoms with Gasteiger partial charge in [0.15, 0.2) is 0 Å². The van der Waals surface area contributed by atoms with E-state index in [2.05, 4.69) is 25.7 Å². The zero-order valence-corrected chi connectivity index (χ0v) is 11.2. The van der Waals surface area contributed by atoms with Crippen LogP contribution >= 0.6 is 0 Å². The number of rotatable bonds is 3. The molecule has 2 rings (SSSR count). The Morgan fingerprint density at radius 2 is 1.69 bits per heavy atom. The predicted octanol–water partition coefficient (Wildman–Crippen LogP) is 2.62. The molecule has 2 fully saturated rings. The normalized spacial score (nSPS) is 39.4. The molecule has 16 heavy (non-hydrogen) atoms. The highest BCUT2D eigenvalue weighted by molar-refractivity contribution is 5.02. The third-order valence-corrected chi connectivity index (χ3v) is 4.45. The first-order valence-electron chi connectivity index (χ1n) is 7.05. The summed E-state index contributed by atoms with van der Waals surface area (Å²) in [7, 11) is 0. The van der Waals surface area contributed by atoms with E-state index < -0.39 is 0 Å². The van der Waals surface area contributed by atoms with Crippen LogP contribution in [0, 0.1) is 11.8 Å². The second-order valence-electron chi connectivity index (χ2n) is 6.59. The van der Waals surface area contributed by atoms with Crippen molar-refractivity contribution in [1.82, 2.24) is 4.90 Å². The fourth-order valence-corrected chi connectivity index (χ4v) is 3.88. The van der Waals surface area contributed by atoms with E-state index in [1.807, 2.05) is 0 Å². The number of hydrogen-bond acceptors (Lipinski definition) is 2. The van der Waals surface area contributed by atoms with Gasteiger partial charge in [-0.3, -0.25) is 4.90 Å². The van der Waals surface area contributed by atoms with Crippen molar-refractivity contribution >= 4 is 0 Å². The minimum absolute atomic E-state index is 0.151. The van der Waals surface area contributed by atoms with Gasteiger partial charge in [0.25, 0.3) is 0 Å². The van der Waals surface area contributed by atoms with Crippen LogP contribution in [0.2, 0.25) is 0 Å². The van der Waals surface area contributed by atoms with Crippen LogP contribution in [0.25, 0.3) is 0 Å². The minimum atomic E-state index is 0.151. The fraction of sp³-hybridized carbons (Fsp3) is 1.00. The maximum atomic E-state index is 6.34. The molecule has 0 bridgehead atoms. The first-order chi connectivity index (χ1) is 7.52. The third kappa shape index (κ3) is 2.60. The van der Waals surface area contributed by atoms with Gasteiger partial charge in [-0.1, -0.05) is 27.2 Å². The molecule has 0 spiro atoms. The van der Waals surface area contributed by atoms with Gasteiger partial charge in [0, 0.05) is 24.7 Å². The molecule has 1 aliphatic heterocycles. The van der Waals surface area contributed by atoms with E-state index in [4.69, 9.17) is 5.73 Å². The fourth-order valence-electron chi connectivity index (χ4n) is 3.88. The zero-order chi connectivity index (χ0) is 11.8. The summed E-state index contributed by atoms with van der Waals surface area (Å²) >= 11 is 0. The quantitative estimate of drug-likeness (QED) is 0.798. The highest BCUT2D eigenvalue weighted by atomic mass is 15.3. The molecule has 0 aromatic carbocycles. The molecule has 2 aliphatic rings. The molecule has 2 nitrogen and oxygen atoms in total. The van der Waals surface area contributed by atoms with Crippen molar-refractivity contribution in [1.29, 1.82) is 0 Å². The number of likely N-dealkylation sites (tertiary alicyclic amines) is 1. The molecular weight excluding hydrogens is 196 g/mol. The van der Waals surface area contributed by atoms with Crippen LogP contribution in [0.1, 0.15) is 52.9 Å². The third-order valence-electron chi connectivity index (χ3n) is 4.45. The molecule has 0 amide bonds. The van der Waals surface area contributed by atoms with Gasteiger partial charge >= 0.3 is 0 Å². The molecule has 2 unspecified atom stereocenters. The summed E-state index contributed by atoms with van der Waals surface area (Å²) < 4.78 is 0. The average Bonchev–Trinajstić information content (AvgIpc) is 2.12. The molecule has 2 heteroatoms.